The summed E-state index contributed by atoms with van der Waals surface area (Å²) in [5.74, 6) is 0. The predicted octanol–water partition coefficient (Wildman–Crippen LogP) is 2.74. The fourth-order valence-corrected chi connectivity index (χ4v) is 2.81. The van der Waals surface area contributed by atoms with Crippen molar-refractivity contribution in [2.45, 2.75) is 71.0 Å². The number of aromatic nitrogens is 1. The first-order chi connectivity index (χ1) is 9.16. The molecular formula is C16H24BNO2. The van der Waals surface area contributed by atoms with Crippen LogP contribution in [-0.2, 0) is 14.7 Å². The molecule has 1 aromatic heterocycles. The Kier molecular flexibility index (Phi) is 2.87. The summed E-state index contributed by atoms with van der Waals surface area (Å²) in [5, 5.41) is 0. The van der Waals surface area contributed by atoms with Crippen LogP contribution in [0.15, 0.2) is 12.4 Å². The van der Waals surface area contributed by atoms with Gasteiger partial charge in [-0.05, 0) is 64.0 Å². The van der Waals surface area contributed by atoms with E-state index < -0.39 is 0 Å². The van der Waals surface area contributed by atoms with Gasteiger partial charge in [0.15, 0.2) is 0 Å². The molecule has 0 unspecified atom stereocenters. The van der Waals surface area contributed by atoms with Crippen LogP contribution in [0, 0.1) is 6.92 Å². The van der Waals surface area contributed by atoms with Crippen molar-refractivity contribution < 1.29 is 9.31 Å². The maximum Gasteiger partial charge on any atom is 0.496 e. The lowest BCUT2D eigenvalue weighted by molar-refractivity contribution is 0.00578. The van der Waals surface area contributed by atoms with Crippen molar-refractivity contribution in [3.63, 3.8) is 0 Å². The molecule has 1 saturated carbocycles. The van der Waals surface area contributed by atoms with E-state index in [2.05, 4.69) is 46.5 Å². The van der Waals surface area contributed by atoms with E-state index in [1.807, 2.05) is 12.4 Å². The highest BCUT2D eigenvalue weighted by Crippen LogP contribution is 2.48. The van der Waals surface area contributed by atoms with Crippen LogP contribution < -0.4 is 5.46 Å². The molecule has 1 aromatic rings. The Labute approximate surface area is 122 Å². The van der Waals surface area contributed by atoms with Gasteiger partial charge in [-0.3, -0.25) is 4.98 Å². The first kappa shape index (κ1) is 14.1. The van der Waals surface area contributed by atoms with Crippen LogP contribution in [-0.4, -0.2) is 23.3 Å². The zero-order valence-electron chi connectivity index (χ0n) is 13.4. The zero-order valence-corrected chi connectivity index (χ0v) is 13.4. The Morgan fingerprint density at radius 3 is 2.05 bits per heavy atom. The molecule has 0 bridgehead atoms. The molecule has 4 heteroatoms. The molecule has 0 radical (unpaired) electrons. The van der Waals surface area contributed by atoms with Gasteiger partial charge in [-0.15, -0.1) is 0 Å². The number of pyridine rings is 1. The van der Waals surface area contributed by atoms with Crippen molar-refractivity contribution in [2.24, 2.45) is 0 Å². The summed E-state index contributed by atoms with van der Waals surface area (Å²) in [6.45, 7) is 12.8. The molecule has 0 amide bonds. The fraction of sp³-hybridized carbons (Fsp3) is 0.688. The predicted molar refractivity (Wildman–Crippen MR) is 81.3 cm³/mol. The summed E-state index contributed by atoms with van der Waals surface area (Å²) < 4.78 is 12.3. The Morgan fingerprint density at radius 1 is 1.00 bits per heavy atom. The Hall–Kier alpha value is -0.865. The highest BCUT2D eigenvalue weighted by atomic mass is 16.7. The molecular weight excluding hydrogens is 249 g/mol. The fourth-order valence-electron chi connectivity index (χ4n) is 2.81. The number of nitrogens with zero attached hydrogens (tertiary/aromatic N) is 1. The van der Waals surface area contributed by atoms with Gasteiger partial charge in [0.25, 0.3) is 0 Å². The van der Waals surface area contributed by atoms with Crippen LogP contribution in [0.3, 0.4) is 0 Å². The molecule has 3 rings (SSSR count). The van der Waals surface area contributed by atoms with Crippen LogP contribution in [0.4, 0.5) is 0 Å². The zero-order chi connectivity index (χ0) is 14.8. The minimum atomic E-state index is -0.310. The molecule has 3 nitrogen and oxygen atoms in total. The van der Waals surface area contributed by atoms with Gasteiger partial charge in [0.2, 0.25) is 0 Å². The molecule has 2 aliphatic rings. The van der Waals surface area contributed by atoms with E-state index in [4.69, 9.17) is 9.31 Å². The van der Waals surface area contributed by atoms with Crippen molar-refractivity contribution >= 4 is 12.6 Å². The SMILES string of the molecule is Cc1c(B2OC(C)(C)C(C)(C)O2)cncc1C1(C)CC1. The summed E-state index contributed by atoms with van der Waals surface area (Å²) >= 11 is 0. The second-order valence-corrected chi connectivity index (χ2v) is 7.55. The molecule has 20 heavy (non-hydrogen) atoms. The van der Waals surface area contributed by atoms with Gasteiger partial charge in [0, 0.05) is 17.9 Å². The van der Waals surface area contributed by atoms with Crippen molar-refractivity contribution in [3.05, 3.63) is 23.5 Å². The third-order valence-corrected chi connectivity index (χ3v) is 5.41. The smallest absolute Gasteiger partial charge is 0.399 e. The second kappa shape index (κ2) is 4.08. The first-order valence-electron chi connectivity index (χ1n) is 7.47. The molecule has 1 saturated heterocycles. The minimum absolute atomic E-state index is 0.302. The number of rotatable bonds is 2. The molecule has 108 valence electrons. The average Bonchev–Trinajstić information content (AvgIpc) is 3.01. The van der Waals surface area contributed by atoms with Crippen LogP contribution >= 0.6 is 0 Å². The van der Waals surface area contributed by atoms with Crippen molar-refractivity contribution in [1.29, 1.82) is 0 Å². The normalized spacial score (nSPS) is 25.8. The molecule has 1 aliphatic carbocycles. The van der Waals surface area contributed by atoms with Crippen molar-refractivity contribution in [1.82, 2.24) is 4.98 Å². The third kappa shape index (κ3) is 2.01. The number of hydrogen-bond acceptors (Lipinski definition) is 3. The molecule has 0 spiro atoms. The lowest BCUT2D eigenvalue weighted by Gasteiger charge is -2.32. The summed E-state index contributed by atoms with van der Waals surface area (Å²) in [5.41, 5.74) is 3.42. The van der Waals surface area contributed by atoms with Gasteiger partial charge < -0.3 is 9.31 Å². The molecule has 2 heterocycles. The summed E-state index contributed by atoms with van der Waals surface area (Å²) in [6.07, 6.45) is 6.41. The van der Waals surface area contributed by atoms with Gasteiger partial charge in [-0.1, -0.05) is 6.92 Å². The molecule has 2 fully saturated rings. The molecule has 0 aromatic carbocycles. The van der Waals surface area contributed by atoms with Gasteiger partial charge in [-0.2, -0.15) is 0 Å². The monoisotopic (exact) mass is 273 g/mol. The van der Waals surface area contributed by atoms with Crippen LogP contribution in [0.5, 0.6) is 0 Å². The summed E-state index contributed by atoms with van der Waals surface area (Å²) in [7, 11) is -0.310. The van der Waals surface area contributed by atoms with Gasteiger partial charge in [-0.25, -0.2) is 0 Å². The van der Waals surface area contributed by atoms with Gasteiger partial charge >= 0.3 is 7.12 Å². The highest BCUT2D eigenvalue weighted by Gasteiger charge is 2.52. The first-order valence-corrected chi connectivity index (χ1v) is 7.47. The Bertz CT molecular complexity index is 533. The van der Waals surface area contributed by atoms with E-state index in [-0.39, 0.29) is 18.3 Å². The van der Waals surface area contributed by atoms with Crippen molar-refractivity contribution in [2.75, 3.05) is 0 Å². The molecule has 0 N–H and O–H groups in total. The highest BCUT2D eigenvalue weighted by molar-refractivity contribution is 6.62. The summed E-state index contributed by atoms with van der Waals surface area (Å²) in [6, 6.07) is 0. The maximum atomic E-state index is 6.16. The maximum absolute atomic E-state index is 6.16. The molecule has 0 atom stereocenters. The van der Waals surface area contributed by atoms with E-state index in [0.717, 1.165) is 5.46 Å². The number of hydrogen-bond donors (Lipinski definition) is 0. The Morgan fingerprint density at radius 2 is 1.55 bits per heavy atom. The lowest BCUT2D eigenvalue weighted by Crippen LogP contribution is -2.41. The van der Waals surface area contributed by atoms with E-state index in [1.165, 1.54) is 24.0 Å². The largest absolute Gasteiger partial charge is 0.496 e. The van der Waals surface area contributed by atoms with E-state index in [0.29, 0.717) is 5.41 Å². The third-order valence-electron chi connectivity index (χ3n) is 5.41. The second-order valence-electron chi connectivity index (χ2n) is 7.55. The minimum Gasteiger partial charge on any atom is -0.399 e. The standard InChI is InChI=1S/C16H24BNO2/c1-11-12(16(6)7-8-16)9-18-10-13(11)17-19-14(2,3)15(4,5)20-17/h9-10H,7-8H2,1-6H3. The van der Waals surface area contributed by atoms with Crippen LogP contribution in [0.1, 0.15) is 58.6 Å². The van der Waals surface area contributed by atoms with Gasteiger partial charge in [0.05, 0.1) is 11.2 Å². The van der Waals surface area contributed by atoms with Crippen molar-refractivity contribution in [3.8, 4) is 0 Å². The summed E-state index contributed by atoms with van der Waals surface area (Å²) in [4.78, 5) is 4.43. The van der Waals surface area contributed by atoms with Gasteiger partial charge in [0.1, 0.15) is 0 Å². The lowest BCUT2D eigenvalue weighted by atomic mass is 9.75. The van der Waals surface area contributed by atoms with E-state index in [1.54, 1.807) is 0 Å². The Balaban J connectivity index is 1.97. The topological polar surface area (TPSA) is 31.4 Å². The van der Waals surface area contributed by atoms with Crippen LogP contribution in [0.2, 0.25) is 0 Å². The van der Waals surface area contributed by atoms with E-state index in [9.17, 15) is 0 Å². The quantitative estimate of drug-likeness (QED) is 0.776. The van der Waals surface area contributed by atoms with E-state index >= 15 is 0 Å². The average molecular weight is 273 g/mol. The van der Waals surface area contributed by atoms with Crippen LogP contribution in [0.25, 0.3) is 0 Å². The molecule has 1 aliphatic heterocycles.